The monoisotopic (exact) mass is 294 g/mol. The third-order valence-electron chi connectivity index (χ3n) is 2.54. The number of benzene rings is 1. The molecular formula is C12H14N4O3S. The number of para-hydroxylation sites is 1. The predicted octanol–water partition coefficient (Wildman–Crippen LogP) is 3.01. The van der Waals surface area contributed by atoms with E-state index < -0.39 is 0 Å². The Kier molecular flexibility index (Phi) is 4.57. The molecular weight excluding hydrogens is 280 g/mol. The van der Waals surface area contributed by atoms with E-state index in [2.05, 4.69) is 15.5 Å². The lowest BCUT2D eigenvalue weighted by Gasteiger charge is -2.09. The number of rotatable bonds is 6. The summed E-state index contributed by atoms with van der Waals surface area (Å²) < 4.78 is 5.27. The van der Waals surface area contributed by atoms with Crippen molar-refractivity contribution in [1.82, 2.24) is 10.2 Å². The van der Waals surface area contributed by atoms with Gasteiger partial charge in [-0.25, -0.2) is 0 Å². The molecule has 0 saturated heterocycles. The molecule has 2 aromatic rings. The lowest BCUT2D eigenvalue weighted by Crippen LogP contribution is -2.04. The molecule has 106 valence electrons. The summed E-state index contributed by atoms with van der Waals surface area (Å²) >= 11 is 1.35. The van der Waals surface area contributed by atoms with E-state index in [9.17, 15) is 10.1 Å². The minimum Gasteiger partial charge on any atom is -0.416 e. The van der Waals surface area contributed by atoms with Gasteiger partial charge in [-0.1, -0.05) is 23.9 Å². The number of hydrogen-bond donors (Lipinski definition) is 1. The second-order valence-electron chi connectivity index (χ2n) is 3.97. The van der Waals surface area contributed by atoms with Gasteiger partial charge >= 0.3 is 0 Å². The second-order valence-corrected chi connectivity index (χ2v) is 4.90. The van der Waals surface area contributed by atoms with Gasteiger partial charge in [-0.2, -0.15) is 0 Å². The zero-order valence-electron chi connectivity index (χ0n) is 11.1. The van der Waals surface area contributed by atoms with Crippen LogP contribution in [0, 0.1) is 17.0 Å². The van der Waals surface area contributed by atoms with Crippen LogP contribution in [0.25, 0.3) is 0 Å². The smallest absolute Gasteiger partial charge is 0.292 e. The first-order valence-electron chi connectivity index (χ1n) is 6.05. The highest BCUT2D eigenvalue weighted by atomic mass is 32.2. The van der Waals surface area contributed by atoms with E-state index in [1.165, 1.54) is 17.8 Å². The molecule has 0 spiro atoms. The number of nitrogens with one attached hydrogen (secondary N) is 1. The molecule has 0 aliphatic rings. The molecule has 0 atom stereocenters. The van der Waals surface area contributed by atoms with Crippen LogP contribution in [0.2, 0.25) is 0 Å². The highest BCUT2D eigenvalue weighted by molar-refractivity contribution is 7.98. The number of hydrogen-bond acceptors (Lipinski definition) is 7. The van der Waals surface area contributed by atoms with Crippen molar-refractivity contribution in [3.05, 3.63) is 39.8 Å². The van der Waals surface area contributed by atoms with E-state index in [0.717, 1.165) is 5.56 Å². The van der Waals surface area contributed by atoms with Crippen LogP contribution in [0.1, 0.15) is 18.4 Å². The molecule has 1 aromatic heterocycles. The van der Waals surface area contributed by atoms with Crippen molar-refractivity contribution >= 4 is 23.1 Å². The number of nitrogens with zero attached hydrogens (tertiary/aromatic N) is 3. The molecule has 0 fully saturated rings. The molecule has 0 unspecified atom stereocenters. The summed E-state index contributed by atoms with van der Waals surface area (Å²) in [5.74, 6) is 1.02. The van der Waals surface area contributed by atoms with Gasteiger partial charge in [0.1, 0.15) is 5.69 Å². The van der Waals surface area contributed by atoms with Crippen molar-refractivity contribution in [3.8, 4) is 0 Å². The van der Waals surface area contributed by atoms with Crippen LogP contribution in [0.15, 0.2) is 27.8 Å². The zero-order valence-corrected chi connectivity index (χ0v) is 11.9. The molecule has 7 nitrogen and oxygen atoms in total. The van der Waals surface area contributed by atoms with Crippen LogP contribution in [-0.4, -0.2) is 21.7 Å². The molecule has 0 radical (unpaired) electrons. The van der Waals surface area contributed by atoms with Gasteiger partial charge in [0.05, 0.1) is 4.92 Å². The maximum Gasteiger partial charge on any atom is 0.292 e. The quantitative estimate of drug-likeness (QED) is 0.497. The lowest BCUT2D eigenvalue weighted by atomic mass is 10.1. The van der Waals surface area contributed by atoms with E-state index in [0.29, 0.717) is 29.1 Å². The van der Waals surface area contributed by atoms with Gasteiger partial charge in [0, 0.05) is 25.3 Å². The Morgan fingerprint density at radius 2 is 2.25 bits per heavy atom. The number of nitro groups is 1. The van der Waals surface area contributed by atoms with E-state index in [-0.39, 0.29) is 10.6 Å². The Bertz CT molecular complexity index is 614. The molecule has 0 bridgehead atoms. The van der Waals surface area contributed by atoms with Crippen molar-refractivity contribution in [2.45, 2.75) is 24.8 Å². The summed E-state index contributed by atoms with van der Waals surface area (Å²) in [6.07, 6.45) is 0. The molecule has 2 rings (SSSR count). The summed E-state index contributed by atoms with van der Waals surface area (Å²) in [7, 11) is 0. The summed E-state index contributed by atoms with van der Waals surface area (Å²) in [4.78, 5) is 10.7. The summed E-state index contributed by atoms with van der Waals surface area (Å²) in [5.41, 5.74) is 1.46. The zero-order chi connectivity index (χ0) is 14.5. The Hall–Kier alpha value is -2.09. The van der Waals surface area contributed by atoms with E-state index >= 15 is 0 Å². The first kappa shape index (κ1) is 14.3. The number of nitro benzene ring substituents is 1. The molecule has 8 heteroatoms. The van der Waals surface area contributed by atoms with Crippen molar-refractivity contribution < 1.29 is 9.34 Å². The van der Waals surface area contributed by atoms with Crippen LogP contribution >= 0.6 is 11.8 Å². The maximum absolute atomic E-state index is 11.0. The largest absolute Gasteiger partial charge is 0.416 e. The molecule has 0 aliphatic heterocycles. The third kappa shape index (κ3) is 3.27. The molecule has 0 amide bonds. The van der Waals surface area contributed by atoms with E-state index in [1.807, 2.05) is 13.0 Å². The van der Waals surface area contributed by atoms with Gasteiger partial charge in [-0.3, -0.25) is 10.1 Å². The van der Waals surface area contributed by atoms with Gasteiger partial charge in [0.15, 0.2) is 0 Å². The fourth-order valence-corrected chi connectivity index (χ4v) is 2.51. The number of thioether (sulfide) groups is 1. The molecule has 1 N–H and O–H groups in total. The fourth-order valence-electron chi connectivity index (χ4n) is 1.72. The Labute approximate surface area is 119 Å². The normalized spacial score (nSPS) is 10.5. The lowest BCUT2D eigenvalue weighted by molar-refractivity contribution is -0.384. The van der Waals surface area contributed by atoms with Gasteiger partial charge in [0.25, 0.3) is 10.9 Å². The fraction of sp³-hybridized carbons (Fsp3) is 0.333. The second kappa shape index (κ2) is 6.38. The Balaban J connectivity index is 2.21. The van der Waals surface area contributed by atoms with Crippen molar-refractivity contribution in [2.24, 2.45) is 0 Å². The highest BCUT2D eigenvalue weighted by Crippen LogP contribution is 2.32. The van der Waals surface area contributed by atoms with Crippen molar-refractivity contribution in [3.63, 3.8) is 0 Å². The van der Waals surface area contributed by atoms with Crippen LogP contribution in [-0.2, 0) is 5.75 Å². The summed E-state index contributed by atoms with van der Waals surface area (Å²) in [6, 6.07) is 5.01. The Morgan fingerprint density at radius 1 is 1.45 bits per heavy atom. The minimum atomic E-state index is -0.386. The predicted molar refractivity (Wildman–Crippen MR) is 75.9 cm³/mol. The average Bonchev–Trinajstić information content (AvgIpc) is 2.83. The standard InChI is InChI=1S/C12H14N4O3S/c1-3-13-11-9(5-4-6-10(11)16(17)18)7-20-12-15-14-8(2)19-12/h4-6,13H,3,7H2,1-2H3. The molecule has 1 aromatic carbocycles. The molecule has 0 saturated carbocycles. The summed E-state index contributed by atoms with van der Waals surface area (Å²) in [5, 5.41) is 22.2. The minimum absolute atomic E-state index is 0.0756. The Morgan fingerprint density at radius 3 is 2.85 bits per heavy atom. The molecule has 20 heavy (non-hydrogen) atoms. The first-order chi connectivity index (χ1) is 9.61. The SMILES string of the molecule is CCNc1c(CSc2nnc(C)o2)cccc1[N+](=O)[O-]. The third-order valence-corrected chi connectivity index (χ3v) is 3.40. The van der Waals surface area contributed by atoms with Gasteiger partial charge in [0.2, 0.25) is 5.89 Å². The van der Waals surface area contributed by atoms with E-state index in [1.54, 1.807) is 13.0 Å². The van der Waals surface area contributed by atoms with Gasteiger partial charge in [-0.05, 0) is 12.5 Å². The van der Waals surface area contributed by atoms with Crippen LogP contribution in [0.4, 0.5) is 11.4 Å². The number of aromatic nitrogens is 2. The van der Waals surface area contributed by atoms with Crippen LogP contribution < -0.4 is 5.32 Å². The van der Waals surface area contributed by atoms with Crippen LogP contribution in [0.5, 0.6) is 0 Å². The molecule has 0 aliphatic carbocycles. The van der Waals surface area contributed by atoms with Crippen LogP contribution in [0.3, 0.4) is 0 Å². The van der Waals surface area contributed by atoms with Gasteiger partial charge < -0.3 is 9.73 Å². The van der Waals surface area contributed by atoms with Crippen molar-refractivity contribution in [1.29, 1.82) is 0 Å². The van der Waals surface area contributed by atoms with E-state index in [4.69, 9.17) is 4.42 Å². The topological polar surface area (TPSA) is 94.1 Å². The maximum atomic E-state index is 11.0. The number of aryl methyl sites for hydroxylation is 1. The highest BCUT2D eigenvalue weighted by Gasteiger charge is 2.17. The summed E-state index contributed by atoms with van der Waals surface area (Å²) in [6.45, 7) is 4.23. The van der Waals surface area contributed by atoms with Gasteiger partial charge in [-0.15, -0.1) is 10.2 Å². The average molecular weight is 294 g/mol. The van der Waals surface area contributed by atoms with Crippen molar-refractivity contribution in [2.75, 3.05) is 11.9 Å². The first-order valence-corrected chi connectivity index (χ1v) is 7.03. The molecule has 1 heterocycles. The number of anilines is 1.